The maximum Gasteiger partial charge on any atom is 0.322 e. The first kappa shape index (κ1) is 25.4. The third kappa shape index (κ3) is 7.41. The molecular weight excluding hydrogens is 468 g/mol. The summed E-state index contributed by atoms with van der Waals surface area (Å²) in [5, 5.41) is 3.46. The molecule has 3 amide bonds. The smallest absolute Gasteiger partial charge is 0.322 e. The van der Waals surface area contributed by atoms with E-state index in [1.54, 1.807) is 29.2 Å². The lowest BCUT2D eigenvalue weighted by molar-refractivity contribution is -0.0282. The fourth-order valence-electron chi connectivity index (χ4n) is 4.27. The zero-order valence-electron chi connectivity index (χ0n) is 20.1. The molecular formula is C26H33ClN4O4. The van der Waals surface area contributed by atoms with Crippen molar-refractivity contribution in [3.05, 3.63) is 64.7 Å². The molecule has 0 radical (unpaired) electrons. The number of benzene rings is 2. The number of morpholine rings is 2. The monoisotopic (exact) mass is 500 g/mol. The zero-order chi connectivity index (χ0) is 24.6. The average molecular weight is 501 g/mol. The molecule has 1 atom stereocenters. The second kappa shape index (κ2) is 12.4. The largest absolute Gasteiger partial charge is 0.379 e. The fraction of sp³-hybridized carbons (Fsp3) is 0.462. The molecule has 2 aliphatic heterocycles. The van der Waals surface area contributed by atoms with Crippen LogP contribution in [0, 0.1) is 6.92 Å². The summed E-state index contributed by atoms with van der Waals surface area (Å²) in [5.74, 6) is -0.0256. The van der Waals surface area contributed by atoms with Gasteiger partial charge >= 0.3 is 6.03 Å². The van der Waals surface area contributed by atoms with Gasteiger partial charge in [-0.25, -0.2) is 4.79 Å². The molecule has 9 heteroatoms. The predicted molar refractivity (Wildman–Crippen MR) is 136 cm³/mol. The molecule has 1 N–H and O–H groups in total. The van der Waals surface area contributed by atoms with Gasteiger partial charge in [0.15, 0.2) is 0 Å². The van der Waals surface area contributed by atoms with Crippen molar-refractivity contribution in [3.63, 3.8) is 0 Å². The van der Waals surface area contributed by atoms with E-state index in [0.29, 0.717) is 62.3 Å². The van der Waals surface area contributed by atoms with Gasteiger partial charge in [-0.15, -0.1) is 0 Å². The Balaban J connectivity index is 1.40. The third-order valence-electron chi connectivity index (χ3n) is 6.30. The van der Waals surface area contributed by atoms with Gasteiger partial charge in [0, 0.05) is 55.5 Å². The number of nitrogens with zero attached hydrogens (tertiary/aromatic N) is 3. The Kier molecular flexibility index (Phi) is 8.98. The van der Waals surface area contributed by atoms with Gasteiger partial charge in [-0.1, -0.05) is 35.4 Å². The van der Waals surface area contributed by atoms with Crippen LogP contribution in [0.15, 0.2) is 48.5 Å². The van der Waals surface area contributed by atoms with Crippen molar-refractivity contribution in [1.82, 2.24) is 14.7 Å². The summed E-state index contributed by atoms with van der Waals surface area (Å²) in [6.07, 6.45) is -0.270. The van der Waals surface area contributed by atoms with Gasteiger partial charge in [0.05, 0.1) is 32.5 Å². The molecule has 0 unspecified atom stereocenters. The Bertz CT molecular complexity index is 997. The van der Waals surface area contributed by atoms with Crippen LogP contribution in [0.2, 0.25) is 5.02 Å². The van der Waals surface area contributed by atoms with Crippen molar-refractivity contribution in [3.8, 4) is 0 Å². The summed E-state index contributed by atoms with van der Waals surface area (Å²) < 4.78 is 11.4. The Morgan fingerprint density at radius 2 is 1.86 bits per heavy atom. The van der Waals surface area contributed by atoms with Crippen molar-refractivity contribution in [2.24, 2.45) is 0 Å². The summed E-state index contributed by atoms with van der Waals surface area (Å²) in [5.41, 5.74) is 2.41. The van der Waals surface area contributed by atoms with Gasteiger partial charge < -0.3 is 24.6 Å². The first-order chi connectivity index (χ1) is 17.0. The van der Waals surface area contributed by atoms with Crippen LogP contribution in [0.1, 0.15) is 15.9 Å². The highest BCUT2D eigenvalue weighted by atomic mass is 35.5. The normalized spacial score (nSPS) is 18.8. The van der Waals surface area contributed by atoms with E-state index in [9.17, 15) is 9.59 Å². The molecule has 188 valence electrons. The van der Waals surface area contributed by atoms with Crippen molar-refractivity contribution < 1.29 is 19.1 Å². The number of hydrogen-bond acceptors (Lipinski definition) is 5. The SMILES string of the molecule is Cc1ccc(C(=O)N(CCN2CCOCC2)C[C@H]2CN(C(=O)Nc3cccc(Cl)c3)CCO2)cc1. The number of aryl methyl sites for hydroxylation is 1. The van der Waals surface area contributed by atoms with Crippen LogP contribution in [0.5, 0.6) is 0 Å². The van der Waals surface area contributed by atoms with Crippen molar-refractivity contribution >= 4 is 29.2 Å². The van der Waals surface area contributed by atoms with E-state index in [1.165, 1.54) is 0 Å². The molecule has 0 aliphatic carbocycles. The summed E-state index contributed by atoms with van der Waals surface area (Å²) in [6.45, 7) is 8.25. The highest BCUT2D eigenvalue weighted by Crippen LogP contribution is 2.17. The summed E-state index contributed by atoms with van der Waals surface area (Å²) in [4.78, 5) is 32.1. The summed E-state index contributed by atoms with van der Waals surface area (Å²) in [6, 6.07) is 14.5. The molecule has 2 aromatic rings. The van der Waals surface area contributed by atoms with Crippen LogP contribution >= 0.6 is 11.6 Å². The molecule has 2 saturated heterocycles. The quantitative estimate of drug-likeness (QED) is 0.631. The van der Waals surface area contributed by atoms with E-state index in [2.05, 4.69) is 10.2 Å². The van der Waals surface area contributed by atoms with Gasteiger partial charge in [-0.2, -0.15) is 0 Å². The van der Waals surface area contributed by atoms with Crippen molar-refractivity contribution in [2.45, 2.75) is 13.0 Å². The molecule has 0 bridgehead atoms. The second-order valence-corrected chi connectivity index (χ2v) is 9.39. The molecule has 0 aromatic heterocycles. The predicted octanol–water partition coefficient (Wildman–Crippen LogP) is 3.36. The number of hydrogen-bond donors (Lipinski definition) is 1. The number of rotatable bonds is 7. The Hall–Kier alpha value is -2.65. The summed E-state index contributed by atoms with van der Waals surface area (Å²) in [7, 11) is 0. The van der Waals surface area contributed by atoms with Gasteiger partial charge in [0.25, 0.3) is 5.91 Å². The van der Waals surface area contributed by atoms with E-state index in [1.807, 2.05) is 36.1 Å². The maximum absolute atomic E-state index is 13.4. The minimum atomic E-state index is -0.270. The number of carbonyl (C=O) groups excluding carboxylic acids is 2. The van der Waals surface area contributed by atoms with Crippen LogP contribution in [0.25, 0.3) is 0 Å². The van der Waals surface area contributed by atoms with E-state index < -0.39 is 0 Å². The molecule has 2 heterocycles. The second-order valence-electron chi connectivity index (χ2n) is 8.95. The van der Waals surface area contributed by atoms with Gasteiger partial charge in [-0.3, -0.25) is 9.69 Å². The molecule has 4 rings (SSSR count). The fourth-order valence-corrected chi connectivity index (χ4v) is 4.46. The van der Waals surface area contributed by atoms with Crippen LogP contribution in [0.4, 0.5) is 10.5 Å². The number of nitrogens with one attached hydrogen (secondary N) is 1. The van der Waals surface area contributed by atoms with Crippen LogP contribution in [-0.2, 0) is 9.47 Å². The topological polar surface area (TPSA) is 74.4 Å². The highest BCUT2D eigenvalue weighted by molar-refractivity contribution is 6.30. The van der Waals surface area contributed by atoms with Gasteiger partial charge in [0.1, 0.15) is 0 Å². The Morgan fingerprint density at radius 3 is 2.60 bits per heavy atom. The minimum Gasteiger partial charge on any atom is -0.379 e. The highest BCUT2D eigenvalue weighted by Gasteiger charge is 2.28. The van der Waals surface area contributed by atoms with Crippen LogP contribution < -0.4 is 5.32 Å². The third-order valence-corrected chi connectivity index (χ3v) is 6.54. The molecule has 2 fully saturated rings. The van der Waals surface area contributed by atoms with E-state index in [-0.39, 0.29) is 18.0 Å². The molecule has 0 spiro atoms. The molecule has 0 saturated carbocycles. The molecule has 35 heavy (non-hydrogen) atoms. The lowest BCUT2D eigenvalue weighted by Gasteiger charge is -2.36. The number of anilines is 1. The van der Waals surface area contributed by atoms with E-state index >= 15 is 0 Å². The number of ether oxygens (including phenoxy) is 2. The van der Waals surface area contributed by atoms with Gasteiger partial charge in [-0.05, 0) is 37.3 Å². The number of urea groups is 1. The minimum absolute atomic E-state index is 0.0256. The van der Waals surface area contributed by atoms with E-state index in [0.717, 1.165) is 25.2 Å². The van der Waals surface area contributed by atoms with Crippen molar-refractivity contribution in [1.29, 1.82) is 0 Å². The standard InChI is InChI=1S/C26H33ClN4O4/c1-20-5-7-21(8-6-20)25(32)30(10-9-29-11-14-34-15-12-29)18-24-19-31(13-16-35-24)26(33)28-23-4-2-3-22(27)17-23/h2-8,17,24H,9-16,18-19H2,1H3,(H,28,33)/t24-/m0/s1. The molecule has 2 aliphatic rings. The van der Waals surface area contributed by atoms with Gasteiger partial charge in [0.2, 0.25) is 0 Å². The molecule has 2 aromatic carbocycles. The molecule has 8 nitrogen and oxygen atoms in total. The number of carbonyl (C=O) groups is 2. The lowest BCUT2D eigenvalue weighted by Crippen LogP contribution is -2.52. The first-order valence-electron chi connectivity index (χ1n) is 12.1. The maximum atomic E-state index is 13.4. The Labute approximate surface area is 211 Å². The number of halogens is 1. The average Bonchev–Trinajstić information content (AvgIpc) is 2.87. The van der Waals surface area contributed by atoms with Crippen molar-refractivity contribution in [2.75, 3.05) is 71.0 Å². The van der Waals surface area contributed by atoms with E-state index in [4.69, 9.17) is 21.1 Å². The number of amides is 3. The Morgan fingerprint density at radius 1 is 1.09 bits per heavy atom. The summed E-state index contributed by atoms with van der Waals surface area (Å²) >= 11 is 6.04. The lowest BCUT2D eigenvalue weighted by atomic mass is 10.1. The van der Waals surface area contributed by atoms with Crippen LogP contribution in [0.3, 0.4) is 0 Å². The zero-order valence-corrected chi connectivity index (χ0v) is 20.9. The van der Waals surface area contributed by atoms with Crippen LogP contribution in [-0.4, -0.2) is 98.4 Å². The first-order valence-corrected chi connectivity index (χ1v) is 12.4.